The van der Waals surface area contributed by atoms with Crippen molar-refractivity contribution >= 4 is 23.1 Å². The van der Waals surface area contributed by atoms with Crippen molar-refractivity contribution in [1.82, 2.24) is 9.97 Å². The molecule has 0 aliphatic carbocycles. The van der Waals surface area contributed by atoms with E-state index in [4.69, 9.17) is 17.3 Å². The lowest BCUT2D eigenvalue weighted by atomic mass is 10.1. The number of nitrogens with zero attached hydrogens (tertiary/aromatic N) is 3. The van der Waals surface area contributed by atoms with Gasteiger partial charge in [-0.15, -0.1) is 0 Å². The molecule has 2 aromatic rings. The van der Waals surface area contributed by atoms with E-state index in [1.807, 2.05) is 24.3 Å². The van der Waals surface area contributed by atoms with E-state index in [1.165, 1.54) is 6.33 Å². The van der Waals surface area contributed by atoms with Crippen LogP contribution < -0.4 is 10.6 Å². The highest BCUT2D eigenvalue weighted by atomic mass is 35.5. The summed E-state index contributed by atoms with van der Waals surface area (Å²) < 4.78 is 0. The summed E-state index contributed by atoms with van der Waals surface area (Å²) in [5.41, 5.74) is 7.85. The molecule has 100 valence electrons. The number of anilines is 2. The molecule has 0 unspecified atom stereocenters. The molecule has 2 N–H and O–H groups in total. The maximum Gasteiger partial charge on any atom is 0.151 e. The second-order valence-corrected chi connectivity index (χ2v) is 4.72. The van der Waals surface area contributed by atoms with Gasteiger partial charge in [0.2, 0.25) is 0 Å². The highest BCUT2D eigenvalue weighted by Gasteiger charge is 2.12. The molecule has 19 heavy (non-hydrogen) atoms. The van der Waals surface area contributed by atoms with Crippen LogP contribution in [0.1, 0.15) is 18.9 Å². The number of nitrogens with two attached hydrogens (primary N) is 1. The van der Waals surface area contributed by atoms with Gasteiger partial charge in [0.05, 0.1) is 6.20 Å². The monoisotopic (exact) mass is 276 g/mol. The fraction of sp³-hybridized carbons (Fsp3) is 0.286. The SMILES string of the molecule is CCCN(Cc1ccccc1N)c1ncncc1Cl. The Hall–Kier alpha value is -1.81. The highest BCUT2D eigenvalue weighted by Crippen LogP contribution is 2.24. The van der Waals surface area contributed by atoms with Crippen LogP contribution in [0.4, 0.5) is 11.5 Å². The third kappa shape index (κ3) is 3.35. The van der Waals surface area contributed by atoms with Crippen LogP contribution >= 0.6 is 11.6 Å². The van der Waals surface area contributed by atoms with Crippen LogP contribution in [-0.4, -0.2) is 16.5 Å². The third-order valence-electron chi connectivity index (χ3n) is 2.86. The molecule has 2 rings (SSSR count). The Labute approximate surface area is 118 Å². The predicted molar refractivity (Wildman–Crippen MR) is 79.2 cm³/mol. The van der Waals surface area contributed by atoms with Crippen LogP contribution in [0.3, 0.4) is 0 Å². The van der Waals surface area contributed by atoms with Crippen molar-refractivity contribution in [2.24, 2.45) is 0 Å². The first-order valence-electron chi connectivity index (χ1n) is 6.26. The van der Waals surface area contributed by atoms with Crippen molar-refractivity contribution in [3.05, 3.63) is 47.4 Å². The van der Waals surface area contributed by atoms with Crippen molar-refractivity contribution in [3.63, 3.8) is 0 Å². The van der Waals surface area contributed by atoms with Crippen molar-refractivity contribution < 1.29 is 0 Å². The van der Waals surface area contributed by atoms with Gasteiger partial charge in [-0.3, -0.25) is 0 Å². The first kappa shape index (κ1) is 13.6. The first-order valence-corrected chi connectivity index (χ1v) is 6.64. The molecule has 1 aromatic carbocycles. The highest BCUT2D eigenvalue weighted by molar-refractivity contribution is 6.32. The minimum atomic E-state index is 0.561. The van der Waals surface area contributed by atoms with Crippen LogP contribution in [-0.2, 0) is 6.54 Å². The molecule has 4 nitrogen and oxygen atoms in total. The van der Waals surface area contributed by atoms with Gasteiger partial charge in [0, 0.05) is 18.8 Å². The van der Waals surface area contributed by atoms with Crippen LogP contribution in [0.25, 0.3) is 0 Å². The number of para-hydroxylation sites is 1. The molecule has 0 saturated heterocycles. The summed E-state index contributed by atoms with van der Waals surface area (Å²) in [6.45, 7) is 3.68. The van der Waals surface area contributed by atoms with E-state index in [2.05, 4.69) is 21.8 Å². The lowest BCUT2D eigenvalue weighted by molar-refractivity contribution is 0.753. The molecule has 0 bridgehead atoms. The number of hydrogen-bond donors (Lipinski definition) is 1. The minimum absolute atomic E-state index is 0.561. The zero-order valence-electron chi connectivity index (χ0n) is 10.9. The van der Waals surface area contributed by atoms with Crippen LogP contribution in [0.15, 0.2) is 36.8 Å². The fourth-order valence-corrected chi connectivity index (χ4v) is 2.18. The molecule has 1 aromatic heterocycles. The maximum absolute atomic E-state index is 6.16. The van der Waals surface area contributed by atoms with Crippen LogP contribution in [0.5, 0.6) is 0 Å². The lowest BCUT2D eigenvalue weighted by Gasteiger charge is -2.24. The average Bonchev–Trinajstić information content (AvgIpc) is 2.41. The van der Waals surface area contributed by atoms with Gasteiger partial charge in [-0.1, -0.05) is 36.7 Å². The summed E-state index contributed by atoms with van der Waals surface area (Å²) in [5, 5.41) is 0.561. The Kier molecular flexibility index (Phi) is 4.58. The molecular formula is C14H17ClN4. The summed E-state index contributed by atoms with van der Waals surface area (Å²) >= 11 is 6.16. The number of hydrogen-bond acceptors (Lipinski definition) is 4. The lowest BCUT2D eigenvalue weighted by Crippen LogP contribution is -2.25. The Morgan fingerprint density at radius 2 is 2.11 bits per heavy atom. The molecule has 0 atom stereocenters. The molecule has 0 spiro atoms. The number of nitrogen functional groups attached to an aromatic ring is 1. The smallest absolute Gasteiger partial charge is 0.151 e. The van der Waals surface area contributed by atoms with Gasteiger partial charge in [0.25, 0.3) is 0 Å². The minimum Gasteiger partial charge on any atom is -0.398 e. The van der Waals surface area contributed by atoms with Crippen molar-refractivity contribution in [2.45, 2.75) is 19.9 Å². The third-order valence-corrected chi connectivity index (χ3v) is 3.12. The zero-order chi connectivity index (χ0) is 13.7. The molecule has 5 heteroatoms. The van der Waals surface area contributed by atoms with Crippen molar-refractivity contribution in [1.29, 1.82) is 0 Å². The number of benzene rings is 1. The Morgan fingerprint density at radius 1 is 1.32 bits per heavy atom. The summed E-state index contributed by atoms with van der Waals surface area (Å²) in [4.78, 5) is 10.3. The second-order valence-electron chi connectivity index (χ2n) is 4.31. The largest absolute Gasteiger partial charge is 0.398 e. The molecule has 0 amide bonds. The quantitative estimate of drug-likeness (QED) is 0.853. The van der Waals surface area contributed by atoms with Crippen molar-refractivity contribution in [2.75, 3.05) is 17.2 Å². The first-order chi connectivity index (χ1) is 9.22. The molecule has 0 aliphatic rings. The maximum atomic E-state index is 6.16. The summed E-state index contributed by atoms with van der Waals surface area (Å²) in [5.74, 6) is 0.752. The Balaban J connectivity index is 2.27. The number of aromatic nitrogens is 2. The normalized spacial score (nSPS) is 10.4. The summed E-state index contributed by atoms with van der Waals surface area (Å²) in [7, 11) is 0. The van der Waals surface area contributed by atoms with Gasteiger partial charge in [0.1, 0.15) is 11.3 Å². The van der Waals surface area contributed by atoms with Crippen LogP contribution in [0.2, 0.25) is 5.02 Å². The summed E-state index contributed by atoms with van der Waals surface area (Å²) in [6.07, 6.45) is 4.13. The standard InChI is InChI=1S/C14H17ClN4/c1-2-7-19(14-12(15)8-17-10-18-14)9-11-5-3-4-6-13(11)16/h3-6,8,10H,2,7,9,16H2,1H3. The van der Waals surface area contributed by atoms with E-state index in [-0.39, 0.29) is 0 Å². The topological polar surface area (TPSA) is 55.0 Å². The van der Waals surface area contributed by atoms with Crippen molar-refractivity contribution in [3.8, 4) is 0 Å². The number of rotatable bonds is 5. The second kappa shape index (κ2) is 6.38. The van der Waals surface area contributed by atoms with Gasteiger partial charge in [-0.25, -0.2) is 9.97 Å². The zero-order valence-corrected chi connectivity index (χ0v) is 11.6. The van der Waals surface area contributed by atoms with Gasteiger partial charge < -0.3 is 10.6 Å². The average molecular weight is 277 g/mol. The molecule has 0 fully saturated rings. The van der Waals surface area contributed by atoms with E-state index in [0.29, 0.717) is 11.6 Å². The van der Waals surface area contributed by atoms with E-state index >= 15 is 0 Å². The summed E-state index contributed by atoms with van der Waals surface area (Å²) in [6, 6.07) is 7.84. The Bertz CT molecular complexity index is 544. The van der Waals surface area contributed by atoms with Gasteiger partial charge in [-0.2, -0.15) is 0 Å². The molecule has 1 heterocycles. The van der Waals surface area contributed by atoms with E-state index < -0.39 is 0 Å². The molecule has 0 radical (unpaired) electrons. The Morgan fingerprint density at radius 3 is 2.79 bits per heavy atom. The number of halogens is 1. The fourth-order valence-electron chi connectivity index (χ4n) is 1.95. The van der Waals surface area contributed by atoms with Gasteiger partial charge in [-0.05, 0) is 18.1 Å². The predicted octanol–water partition coefficient (Wildman–Crippen LogP) is 3.13. The van der Waals surface area contributed by atoms with E-state index in [9.17, 15) is 0 Å². The van der Waals surface area contributed by atoms with E-state index in [0.717, 1.165) is 30.0 Å². The molecule has 0 aliphatic heterocycles. The van der Waals surface area contributed by atoms with E-state index in [1.54, 1.807) is 6.20 Å². The van der Waals surface area contributed by atoms with Gasteiger partial charge >= 0.3 is 0 Å². The van der Waals surface area contributed by atoms with Crippen LogP contribution in [0, 0.1) is 0 Å². The molecule has 0 saturated carbocycles. The van der Waals surface area contributed by atoms with Gasteiger partial charge in [0.15, 0.2) is 5.82 Å². The molecular weight excluding hydrogens is 260 g/mol.